The predicted molar refractivity (Wildman–Crippen MR) is 183 cm³/mol. The number of ketones is 1. The summed E-state index contributed by atoms with van der Waals surface area (Å²) in [7, 11) is 0. The van der Waals surface area contributed by atoms with E-state index in [1.165, 1.54) is 25.7 Å². The number of carboxylic acids is 1. The highest BCUT2D eigenvalue weighted by Gasteiger charge is 2.72. The molecule has 0 radical (unpaired) electrons. The average molecular weight is 642 g/mol. The Kier molecular flexibility index (Phi) is 10.5. The first kappa shape index (κ1) is 35.9. The second-order valence-corrected chi connectivity index (χ2v) is 18.2. The molecule has 0 aromatic carbocycles. The van der Waals surface area contributed by atoms with Crippen molar-refractivity contribution in [2.24, 2.45) is 56.7 Å². The summed E-state index contributed by atoms with van der Waals surface area (Å²) < 4.78 is 0. The molecule has 46 heavy (non-hydrogen) atoms. The zero-order chi connectivity index (χ0) is 33.5. The summed E-state index contributed by atoms with van der Waals surface area (Å²) in [6, 6.07) is 0. The van der Waals surface area contributed by atoms with Gasteiger partial charge in [-0.15, -0.1) is 0 Å². The number of unbranched alkanes of at least 4 members (excludes halogenated alkanes) is 7. The van der Waals surface area contributed by atoms with Crippen molar-refractivity contribution in [3.63, 3.8) is 0 Å². The van der Waals surface area contributed by atoms with Gasteiger partial charge in [-0.2, -0.15) is 0 Å². The van der Waals surface area contributed by atoms with Gasteiger partial charge < -0.3 is 15.5 Å². The number of fused-ring (bicyclic) bond motifs is 7. The van der Waals surface area contributed by atoms with E-state index in [9.17, 15) is 19.5 Å². The Balaban J connectivity index is 1.24. The molecule has 5 aliphatic carbocycles. The van der Waals surface area contributed by atoms with Crippen LogP contribution in [0.1, 0.15) is 164 Å². The van der Waals surface area contributed by atoms with E-state index >= 15 is 0 Å². The third-order valence-electron chi connectivity index (χ3n) is 16.0. The number of aliphatic hydroxyl groups excluding tert-OH is 1. The number of hydrogen-bond donors (Lipinski definition) is 3. The molecule has 0 aromatic rings. The first-order valence-corrected chi connectivity index (χ1v) is 19.3. The van der Waals surface area contributed by atoms with Gasteiger partial charge in [0.2, 0.25) is 5.91 Å². The lowest BCUT2D eigenvalue weighted by Crippen LogP contribution is -2.67. The first-order valence-electron chi connectivity index (χ1n) is 19.3. The molecule has 5 rings (SSSR count). The van der Waals surface area contributed by atoms with Gasteiger partial charge in [0.15, 0.2) is 0 Å². The van der Waals surface area contributed by atoms with Crippen molar-refractivity contribution < 1.29 is 24.6 Å². The molecule has 1 amide bonds. The number of nitrogens with one attached hydrogen (secondary N) is 1. The number of carbonyl (C=O) groups excluding carboxylic acids is 2. The van der Waals surface area contributed by atoms with Crippen molar-refractivity contribution >= 4 is 17.7 Å². The van der Waals surface area contributed by atoms with E-state index in [4.69, 9.17) is 5.11 Å². The number of rotatable bonds is 13. The molecule has 6 nitrogen and oxygen atoms in total. The van der Waals surface area contributed by atoms with Crippen LogP contribution in [-0.2, 0) is 14.4 Å². The van der Waals surface area contributed by atoms with Crippen LogP contribution in [0.25, 0.3) is 0 Å². The van der Waals surface area contributed by atoms with E-state index in [1.54, 1.807) is 6.92 Å². The van der Waals surface area contributed by atoms with Gasteiger partial charge in [-0.05, 0) is 129 Å². The highest BCUT2D eigenvalue weighted by Crippen LogP contribution is 2.77. The van der Waals surface area contributed by atoms with Crippen LogP contribution in [-0.4, -0.2) is 40.5 Å². The Morgan fingerprint density at radius 2 is 1.35 bits per heavy atom. The maximum Gasteiger partial charge on any atom is 0.303 e. The largest absolute Gasteiger partial charge is 0.481 e. The fourth-order valence-electron chi connectivity index (χ4n) is 13.3. The summed E-state index contributed by atoms with van der Waals surface area (Å²) in [5.41, 5.74) is 0.0658. The van der Waals surface area contributed by atoms with Crippen molar-refractivity contribution in [1.29, 1.82) is 0 Å². The number of Topliss-reactive ketones (excluding diaryl/α,β-unsaturated/α-hetero) is 1. The van der Waals surface area contributed by atoms with Crippen LogP contribution >= 0.6 is 0 Å². The van der Waals surface area contributed by atoms with Crippen molar-refractivity contribution in [2.75, 3.05) is 6.54 Å². The Hall–Kier alpha value is -1.43. The summed E-state index contributed by atoms with van der Waals surface area (Å²) in [5.74, 6) is 1.53. The molecule has 5 saturated carbocycles. The van der Waals surface area contributed by atoms with Crippen LogP contribution < -0.4 is 5.32 Å². The van der Waals surface area contributed by atoms with E-state index in [2.05, 4.69) is 39.9 Å². The topological polar surface area (TPSA) is 104 Å². The quantitative estimate of drug-likeness (QED) is 0.175. The minimum absolute atomic E-state index is 0.00158. The highest BCUT2D eigenvalue weighted by atomic mass is 16.4. The molecule has 0 heterocycles. The minimum Gasteiger partial charge on any atom is -0.481 e. The number of aliphatic hydroxyl groups is 1. The van der Waals surface area contributed by atoms with Crippen LogP contribution in [0.3, 0.4) is 0 Å². The number of amides is 1. The summed E-state index contributed by atoms with van der Waals surface area (Å²) in [5, 5.41) is 23.2. The molecular weight excluding hydrogens is 574 g/mol. The predicted octanol–water partition coefficient (Wildman–Crippen LogP) is 8.73. The van der Waals surface area contributed by atoms with Crippen molar-refractivity contribution in [1.82, 2.24) is 5.32 Å². The average Bonchev–Trinajstić information content (AvgIpc) is 3.39. The van der Waals surface area contributed by atoms with E-state index in [1.807, 2.05) is 0 Å². The molecular formula is C40H67NO5. The zero-order valence-corrected chi connectivity index (χ0v) is 30.2. The van der Waals surface area contributed by atoms with Crippen LogP contribution in [0.4, 0.5) is 0 Å². The lowest BCUT2D eigenvalue weighted by atomic mass is 9.32. The Morgan fingerprint density at radius 1 is 0.696 bits per heavy atom. The fraction of sp³-hybridized carbons (Fsp3) is 0.925. The second-order valence-electron chi connectivity index (χ2n) is 18.2. The molecule has 10 atom stereocenters. The van der Waals surface area contributed by atoms with E-state index in [0.29, 0.717) is 17.8 Å². The number of carboxylic acid groups (broad SMARTS) is 1. The van der Waals surface area contributed by atoms with E-state index < -0.39 is 11.4 Å². The summed E-state index contributed by atoms with van der Waals surface area (Å²) in [6.45, 7) is 14.9. The lowest BCUT2D eigenvalue weighted by molar-refractivity contribution is -0.246. The maximum absolute atomic E-state index is 14.2. The molecule has 5 fully saturated rings. The molecule has 0 bridgehead atoms. The van der Waals surface area contributed by atoms with Gasteiger partial charge in [-0.1, -0.05) is 73.1 Å². The van der Waals surface area contributed by atoms with Gasteiger partial charge >= 0.3 is 5.97 Å². The van der Waals surface area contributed by atoms with Crippen LogP contribution in [0.5, 0.6) is 0 Å². The van der Waals surface area contributed by atoms with Crippen LogP contribution in [0.2, 0.25) is 0 Å². The molecule has 0 saturated heterocycles. The monoisotopic (exact) mass is 642 g/mol. The molecule has 0 aromatic heterocycles. The minimum atomic E-state index is -0.700. The van der Waals surface area contributed by atoms with Gasteiger partial charge in [0.05, 0.1) is 11.5 Å². The molecule has 0 aliphatic heterocycles. The fourth-order valence-corrected chi connectivity index (χ4v) is 13.3. The van der Waals surface area contributed by atoms with Gasteiger partial charge in [0.25, 0.3) is 0 Å². The molecule has 0 unspecified atom stereocenters. The SMILES string of the molecule is CC(=O)[C@@H]1CC[C@]2(C(=O)NCCCCCCCCCCC(=O)O)CC[C@]3(C)[C@H](CC[C@@H]4[C@@]5(C)CC[C@H](O)C(C)(C)[C@@H]5CC[C@]43C)[C@@H]12. The standard InChI is InChI=1S/C40H67NO5/c1-27(42)28-18-23-40(35(46)41-26-14-12-10-8-7-9-11-13-15-33(44)45)25-24-38(5)29(34(28)40)16-17-31-37(4)21-20-32(43)36(2,3)30(37)19-22-39(31,38)6/h28-32,34,43H,7-26H2,1-6H3,(H,41,46)(H,44,45)/t28-,29+,30-,31+,32-,34+,37-,38+,39+,40-/m0/s1. The van der Waals surface area contributed by atoms with Crippen LogP contribution in [0, 0.1) is 56.7 Å². The molecule has 3 N–H and O–H groups in total. The van der Waals surface area contributed by atoms with Crippen molar-refractivity contribution in [2.45, 2.75) is 170 Å². The number of hydrogen-bond acceptors (Lipinski definition) is 4. The maximum atomic E-state index is 14.2. The van der Waals surface area contributed by atoms with E-state index in [0.717, 1.165) is 96.4 Å². The van der Waals surface area contributed by atoms with Gasteiger partial charge in [0.1, 0.15) is 5.78 Å². The lowest BCUT2D eigenvalue weighted by Gasteiger charge is -2.72. The van der Waals surface area contributed by atoms with Gasteiger partial charge in [0, 0.05) is 18.9 Å². The van der Waals surface area contributed by atoms with Crippen LogP contribution in [0.15, 0.2) is 0 Å². The third-order valence-corrected chi connectivity index (χ3v) is 16.0. The van der Waals surface area contributed by atoms with Gasteiger partial charge in [-0.25, -0.2) is 0 Å². The molecule has 6 heteroatoms. The second kappa shape index (κ2) is 13.5. The number of carbonyl (C=O) groups is 3. The molecule has 5 aliphatic rings. The van der Waals surface area contributed by atoms with Gasteiger partial charge in [-0.3, -0.25) is 14.4 Å². The Labute approximate surface area is 280 Å². The Bertz CT molecular complexity index is 1130. The van der Waals surface area contributed by atoms with E-state index in [-0.39, 0.29) is 57.7 Å². The third kappa shape index (κ3) is 5.91. The molecule has 262 valence electrons. The van der Waals surface area contributed by atoms with Crippen molar-refractivity contribution in [3.8, 4) is 0 Å². The molecule has 0 spiro atoms. The first-order chi connectivity index (χ1) is 21.6. The zero-order valence-electron chi connectivity index (χ0n) is 30.2. The smallest absolute Gasteiger partial charge is 0.303 e. The highest BCUT2D eigenvalue weighted by molar-refractivity contribution is 5.87. The normalized spacial score (nSPS) is 42.7. The summed E-state index contributed by atoms with van der Waals surface area (Å²) in [6.07, 6.45) is 18.9. The van der Waals surface area contributed by atoms with Crippen molar-refractivity contribution in [3.05, 3.63) is 0 Å². The Morgan fingerprint density at radius 3 is 2.00 bits per heavy atom. The number of aliphatic carboxylic acids is 1. The summed E-state index contributed by atoms with van der Waals surface area (Å²) in [4.78, 5) is 38.1. The summed E-state index contributed by atoms with van der Waals surface area (Å²) >= 11 is 0.